The van der Waals surface area contributed by atoms with Crippen LogP contribution in [0.1, 0.15) is 12.0 Å². The molecule has 2 aromatic carbocycles. The summed E-state index contributed by atoms with van der Waals surface area (Å²) in [7, 11) is 1.64. The van der Waals surface area contributed by atoms with Gasteiger partial charge in [-0.25, -0.2) is 14.1 Å². The van der Waals surface area contributed by atoms with Crippen LogP contribution in [-0.2, 0) is 13.1 Å². The minimum absolute atomic E-state index is 0.305. The number of aromatic nitrogens is 4. The molecule has 1 N–H and O–H groups in total. The zero-order valence-electron chi connectivity index (χ0n) is 16.8. The van der Waals surface area contributed by atoms with Crippen molar-refractivity contribution in [2.45, 2.75) is 19.5 Å². The highest BCUT2D eigenvalue weighted by molar-refractivity contribution is 5.64. The van der Waals surface area contributed by atoms with Crippen molar-refractivity contribution in [1.29, 1.82) is 0 Å². The van der Waals surface area contributed by atoms with E-state index in [0.717, 1.165) is 42.1 Å². The Kier molecular flexibility index (Phi) is 6.20. The van der Waals surface area contributed by atoms with Gasteiger partial charge in [0.15, 0.2) is 0 Å². The molecule has 154 valence electrons. The van der Waals surface area contributed by atoms with E-state index in [9.17, 15) is 4.39 Å². The van der Waals surface area contributed by atoms with Gasteiger partial charge in [-0.1, -0.05) is 12.1 Å². The Morgan fingerprint density at radius 2 is 1.93 bits per heavy atom. The molecule has 0 unspecified atom stereocenters. The minimum atomic E-state index is -0.305. The molecule has 2 aromatic heterocycles. The fourth-order valence-corrected chi connectivity index (χ4v) is 3.32. The molecule has 0 fully saturated rings. The lowest BCUT2D eigenvalue weighted by molar-refractivity contribution is 0.415. The van der Waals surface area contributed by atoms with Crippen LogP contribution in [0.4, 0.5) is 4.39 Å². The highest BCUT2D eigenvalue weighted by Crippen LogP contribution is 2.26. The van der Waals surface area contributed by atoms with E-state index >= 15 is 0 Å². The molecule has 4 rings (SSSR count). The van der Waals surface area contributed by atoms with E-state index in [0.29, 0.717) is 12.2 Å². The first-order valence-corrected chi connectivity index (χ1v) is 9.89. The Morgan fingerprint density at radius 1 is 1.10 bits per heavy atom. The molecular formula is C23H24FN5O. The summed E-state index contributed by atoms with van der Waals surface area (Å²) in [5, 5.41) is 8.16. The number of hydrogen-bond donors (Lipinski definition) is 1. The van der Waals surface area contributed by atoms with E-state index in [1.165, 1.54) is 6.07 Å². The molecule has 0 saturated heterocycles. The summed E-state index contributed by atoms with van der Waals surface area (Å²) >= 11 is 0. The second-order valence-corrected chi connectivity index (χ2v) is 6.96. The van der Waals surface area contributed by atoms with E-state index in [1.807, 2.05) is 43.0 Å². The summed E-state index contributed by atoms with van der Waals surface area (Å²) in [6.45, 7) is 2.40. The van der Waals surface area contributed by atoms with Crippen molar-refractivity contribution in [2.75, 3.05) is 13.7 Å². The van der Waals surface area contributed by atoms with Gasteiger partial charge in [0.1, 0.15) is 17.3 Å². The Morgan fingerprint density at radius 3 is 2.67 bits per heavy atom. The summed E-state index contributed by atoms with van der Waals surface area (Å²) in [4.78, 5) is 4.06. The average molecular weight is 405 g/mol. The molecule has 0 atom stereocenters. The van der Waals surface area contributed by atoms with Gasteiger partial charge in [0.25, 0.3) is 0 Å². The first-order chi connectivity index (χ1) is 14.7. The van der Waals surface area contributed by atoms with Gasteiger partial charge >= 0.3 is 0 Å². The normalized spacial score (nSPS) is 11.0. The predicted molar refractivity (Wildman–Crippen MR) is 114 cm³/mol. The number of para-hydroxylation sites is 1. The van der Waals surface area contributed by atoms with Crippen LogP contribution in [0.3, 0.4) is 0 Å². The number of hydrogen-bond acceptors (Lipinski definition) is 4. The SMILES string of the molecule is COc1ccc(-c2nn(-c3ccccc3F)cc2CNCCCn2ccnc2)cc1. The van der Waals surface area contributed by atoms with Crippen molar-refractivity contribution in [2.24, 2.45) is 0 Å². The molecule has 0 aliphatic heterocycles. The van der Waals surface area contributed by atoms with Crippen LogP contribution >= 0.6 is 0 Å². The third kappa shape index (κ3) is 4.58. The lowest BCUT2D eigenvalue weighted by atomic mass is 10.1. The third-order valence-electron chi connectivity index (χ3n) is 4.90. The number of nitrogens with one attached hydrogen (secondary N) is 1. The summed E-state index contributed by atoms with van der Waals surface area (Å²) in [5.74, 6) is 0.479. The van der Waals surface area contributed by atoms with E-state index < -0.39 is 0 Å². The topological polar surface area (TPSA) is 56.9 Å². The quantitative estimate of drug-likeness (QED) is 0.427. The molecule has 7 heteroatoms. The lowest BCUT2D eigenvalue weighted by Gasteiger charge is -2.06. The highest BCUT2D eigenvalue weighted by atomic mass is 19.1. The molecule has 0 bridgehead atoms. The Labute approximate surface area is 175 Å². The van der Waals surface area contributed by atoms with E-state index in [-0.39, 0.29) is 5.82 Å². The lowest BCUT2D eigenvalue weighted by Crippen LogP contribution is -2.16. The van der Waals surface area contributed by atoms with Crippen LogP contribution in [0.5, 0.6) is 5.75 Å². The molecule has 2 heterocycles. The molecule has 30 heavy (non-hydrogen) atoms. The number of rotatable bonds is 9. The molecule has 0 aliphatic carbocycles. The molecule has 6 nitrogen and oxygen atoms in total. The highest BCUT2D eigenvalue weighted by Gasteiger charge is 2.14. The van der Waals surface area contributed by atoms with E-state index in [4.69, 9.17) is 9.84 Å². The zero-order chi connectivity index (χ0) is 20.8. The molecule has 0 amide bonds. The molecule has 0 spiro atoms. The number of benzene rings is 2. The van der Waals surface area contributed by atoms with Gasteiger partial charge in [-0.15, -0.1) is 0 Å². The number of imidazole rings is 1. The molecule has 0 aliphatic rings. The number of nitrogens with zero attached hydrogens (tertiary/aromatic N) is 4. The van der Waals surface area contributed by atoms with Crippen LogP contribution in [-0.4, -0.2) is 33.0 Å². The number of ether oxygens (including phenoxy) is 1. The van der Waals surface area contributed by atoms with Gasteiger partial charge in [-0.3, -0.25) is 0 Å². The largest absolute Gasteiger partial charge is 0.497 e. The fourth-order valence-electron chi connectivity index (χ4n) is 3.32. The average Bonchev–Trinajstić information content (AvgIpc) is 3.44. The smallest absolute Gasteiger partial charge is 0.148 e. The van der Waals surface area contributed by atoms with Gasteiger partial charge in [-0.05, 0) is 49.4 Å². The van der Waals surface area contributed by atoms with Gasteiger partial charge in [0.2, 0.25) is 0 Å². The van der Waals surface area contributed by atoms with Crippen molar-refractivity contribution < 1.29 is 9.13 Å². The summed E-state index contributed by atoms with van der Waals surface area (Å²) in [6.07, 6.45) is 8.43. The van der Waals surface area contributed by atoms with Crippen molar-refractivity contribution >= 4 is 0 Å². The van der Waals surface area contributed by atoms with Crippen LogP contribution in [0.25, 0.3) is 16.9 Å². The Balaban J connectivity index is 1.53. The second kappa shape index (κ2) is 9.37. The Hall–Kier alpha value is -3.45. The monoisotopic (exact) mass is 405 g/mol. The fraction of sp³-hybridized carbons (Fsp3) is 0.217. The molecule has 0 saturated carbocycles. The van der Waals surface area contributed by atoms with Crippen LogP contribution in [0, 0.1) is 5.82 Å². The second-order valence-electron chi connectivity index (χ2n) is 6.96. The molecular weight excluding hydrogens is 381 g/mol. The van der Waals surface area contributed by atoms with Gasteiger partial charge < -0.3 is 14.6 Å². The third-order valence-corrected chi connectivity index (χ3v) is 4.90. The van der Waals surface area contributed by atoms with Crippen molar-refractivity contribution in [3.05, 3.63) is 84.8 Å². The van der Waals surface area contributed by atoms with E-state index in [1.54, 1.807) is 36.2 Å². The first-order valence-electron chi connectivity index (χ1n) is 9.89. The first kappa shape index (κ1) is 19.8. The van der Waals surface area contributed by atoms with E-state index in [2.05, 4.69) is 14.9 Å². The maximum atomic E-state index is 14.3. The maximum Gasteiger partial charge on any atom is 0.148 e. The minimum Gasteiger partial charge on any atom is -0.497 e. The number of methoxy groups -OCH3 is 1. The molecule has 4 aromatic rings. The predicted octanol–water partition coefficient (Wildman–Crippen LogP) is 4.06. The van der Waals surface area contributed by atoms with Crippen molar-refractivity contribution in [3.63, 3.8) is 0 Å². The summed E-state index contributed by atoms with van der Waals surface area (Å²) in [6, 6.07) is 14.4. The van der Waals surface area contributed by atoms with Crippen LogP contribution in [0.15, 0.2) is 73.4 Å². The Bertz CT molecular complexity index is 1070. The standard InChI is InChI=1S/C23H24FN5O/c1-30-20-9-7-18(8-10-20)23-19(15-25-11-4-13-28-14-12-26-17-28)16-29(27-23)22-6-3-2-5-21(22)24/h2-3,5-10,12,14,16-17,25H,4,11,13,15H2,1H3. The van der Waals surface area contributed by atoms with Gasteiger partial charge in [0, 0.05) is 42.8 Å². The van der Waals surface area contributed by atoms with Crippen molar-refractivity contribution in [1.82, 2.24) is 24.6 Å². The van der Waals surface area contributed by atoms with Crippen LogP contribution in [0.2, 0.25) is 0 Å². The number of aryl methyl sites for hydroxylation is 1. The summed E-state index contributed by atoms with van der Waals surface area (Å²) < 4.78 is 23.2. The molecule has 0 radical (unpaired) electrons. The van der Waals surface area contributed by atoms with Crippen molar-refractivity contribution in [3.8, 4) is 22.7 Å². The van der Waals surface area contributed by atoms with Crippen LogP contribution < -0.4 is 10.1 Å². The number of halogens is 1. The summed E-state index contributed by atoms with van der Waals surface area (Å²) in [5.41, 5.74) is 3.22. The maximum absolute atomic E-state index is 14.3. The van der Waals surface area contributed by atoms with Gasteiger partial charge in [0.05, 0.1) is 19.1 Å². The van der Waals surface area contributed by atoms with Gasteiger partial charge in [-0.2, -0.15) is 5.10 Å². The zero-order valence-corrected chi connectivity index (χ0v) is 16.8.